The predicted octanol–water partition coefficient (Wildman–Crippen LogP) is 9.99. The Morgan fingerprint density at radius 3 is 1.02 bits per heavy atom. The lowest BCUT2D eigenvalue weighted by atomic mass is 9.51. The van der Waals surface area contributed by atoms with Crippen molar-refractivity contribution in [2.24, 2.45) is 0 Å². The second kappa shape index (κ2) is 10.7. The number of fused-ring (bicyclic) bond motifs is 2. The quantitative estimate of drug-likeness (QED) is 0.165. The Balaban J connectivity index is 1.93. The Kier molecular flexibility index (Phi) is 7.49. The van der Waals surface area contributed by atoms with E-state index in [9.17, 15) is 0 Å². The van der Waals surface area contributed by atoms with E-state index in [-0.39, 0.29) is 21.7 Å². The van der Waals surface area contributed by atoms with Crippen LogP contribution in [0.15, 0.2) is 84.9 Å². The van der Waals surface area contributed by atoms with Gasteiger partial charge in [0, 0.05) is 22.3 Å². The van der Waals surface area contributed by atoms with Gasteiger partial charge in [-0.05, 0) is 56.0 Å². The fourth-order valence-electron chi connectivity index (χ4n) is 7.64. The highest BCUT2D eigenvalue weighted by Gasteiger charge is 2.73. The van der Waals surface area contributed by atoms with Gasteiger partial charge in [0.15, 0.2) is 0 Å². The molecule has 0 aliphatic carbocycles. The van der Waals surface area contributed by atoms with Gasteiger partial charge in [-0.2, -0.15) is 0 Å². The molecule has 250 valence electrons. The first-order valence-electron chi connectivity index (χ1n) is 17.1. The minimum absolute atomic E-state index is 0.254. The number of carbonyl (C=O) groups is 2. The highest BCUT2D eigenvalue weighted by molar-refractivity contribution is 6.09. The predicted molar refractivity (Wildman–Crippen MR) is 193 cm³/mol. The Hall–Kier alpha value is -4.18. The third kappa shape index (κ3) is 4.77. The van der Waals surface area contributed by atoms with Crippen molar-refractivity contribution in [3.63, 3.8) is 0 Å². The lowest BCUT2D eigenvalue weighted by Crippen LogP contribution is -2.58. The average Bonchev–Trinajstić information content (AvgIpc) is 3.45. The highest BCUT2D eigenvalue weighted by atomic mass is 16.6. The standard InChI is InChI=1S/C44H50O4/c1-39(2,3)29-23-31(41(7,8)9)35-33(25-29)43(37(45)47-35,27-19-15-13-16-20-27)44(28-21-17-14-18-22-28)34-26-30(40(4,5)6)24-32(42(10,11)12)36(34)48-38(44)46/h13-26H,1-12H3. The molecule has 2 unspecified atom stereocenters. The molecule has 4 nitrogen and oxygen atoms in total. The molecule has 4 heteroatoms. The Bertz CT molecular complexity index is 1780. The van der Waals surface area contributed by atoms with E-state index < -0.39 is 22.8 Å². The van der Waals surface area contributed by atoms with E-state index in [2.05, 4.69) is 107 Å². The number of benzene rings is 4. The number of hydrogen-bond donors (Lipinski definition) is 0. The van der Waals surface area contributed by atoms with Crippen LogP contribution in [0.3, 0.4) is 0 Å². The molecule has 4 aromatic rings. The molecule has 0 N–H and O–H groups in total. The van der Waals surface area contributed by atoms with E-state index in [0.717, 1.165) is 22.3 Å². The van der Waals surface area contributed by atoms with Gasteiger partial charge >= 0.3 is 11.9 Å². The number of ether oxygens (including phenoxy) is 2. The van der Waals surface area contributed by atoms with Gasteiger partial charge in [0.1, 0.15) is 22.3 Å². The van der Waals surface area contributed by atoms with Crippen LogP contribution < -0.4 is 9.47 Å². The maximum Gasteiger partial charge on any atom is 0.328 e. The Labute approximate surface area is 286 Å². The van der Waals surface area contributed by atoms with Crippen molar-refractivity contribution < 1.29 is 19.1 Å². The molecular weight excluding hydrogens is 592 g/mol. The topological polar surface area (TPSA) is 52.6 Å². The van der Waals surface area contributed by atoms with Crippen molar-refractivity contribution in [1.29, 1.82) is 0 Å². The second-order valence-corrected chi connectivity index (χ2v) is 17.8. The minimum Gasteiger partial charge on any atom is -0.425 e. The summed E-state index contributed by atoms with van der Waals surface area (Å²) in [4.78, 5) is 30.9. The molecule has 0 aromatic heterocycles. The SMILES string of the molecule is CC(C)(C)c1cc(C(C)(C)C)c2c(c1)C(c1ccccc1)(C1(c3ccccc3)C(=O)Oc3c(C(C)(C)C)cc(C(C)(C)C)cc31)C(=O)O2. The monoisotopic (exact) mass is 642 g/mol. The van der Waals surface area contributed by atoms with Gasteiger partial charge in [0.25, 0.3) is 0 Å². The van der Waals surface area contributed by atoms with Crippen LogP contribution >= 0.6 is 0 Å². The van der Waals surface area contributed by atoms with Crippen LogP contribution in [0.4, 0.5) is 0 Å². The summed E-state index contributed by atoms with van der Waals surface area (Å²) in [7, 11) is 0. The molecule has 48 heavy (non-hydrogen) atoms. The first-order valence-corrected chi connectivity index (χ1v) is 17.1. The Morgan fingerprint density at radius 2 is 0.750 bits per heavy atom. The fraction of sp³-hybridized carbons (Fsp3) is 0.409. The van der Waals surface area contributed by atoms with Crippen LogP contribution in [-0.2, 0) is 42.1 Å². The average molecular weight is 643 g/mol. The molecule has 2 aliphatic heterocycles. The summed E-state index contributed by atoms with van der Waals surface area (Å²) in [5.41, 5.74) is 2.33. The van der Waals surface area contributed by atoms with E-state index in [1.807, 2.05) is 60.7 Å². The van der Waals surface area contributed by atoms with Gasteiger partial charge in [0.05, 0.1) is 0 Å². The third-order valence-electron chi connectivity index (χ3n) is 10.3. The molecule has 2 heterocycles. The molecule has 2 aliphatic rings. The van der Waals surface area contributed by atoms with E-state index in [4.69, 9.17) is 9.47 Å². The summed E-state index contributed by atoms with van der Waals surface area (Å²) < 4.78 is 13.1. The second-order valence-electron chi connectivity index (χ2n) is 17.8. The maximum absolute atomic E-state index is 15.4. The minimum atomic E-state index is -1.61. The van der Waals surface area contributed by atoms with Crippen molar-refractivity contribution in [3.05, 3.63) is 129 Å². The summed E-state index contributed by atoms with van der Waals surface area (Å²) in [5, 5.41) is 0. The zero-order valence-corrected chi connectivity index (χ0v) is 30.7. The summed E-state index contributed by atoms with van der Waals surface area (Å²) in [6.07, 6.45) is 0. The van der Waals surface area contributed by atoms with Crippen LogP contribution in [0, 0.1) is 0 Å². The van der Waals surface area contributed by atoms with E-state index in [0.29, 0.717) is 33.8 Å². The molecule has 0 radical (unpaired) electrons. The van der Waals surface area contributed by atoms with Gasteiger partial charge in [-0.1, -0.05) is 156 Å². The van der Waals surface area contributed by atoms with Crippen LogP contribution in [-0.4, -0.2) is 11.9 Å². The fourth-order valence-corrected chi connectivity index (χ4v) is 7.64. The molecule has 0 saturated carbocycles. The number of carbonyl (C=O) groups excluding carboxylic acids is 2. The molecule has 2 atom stereocenters. The summed E-state index contributed by atoms with van der Waals surface area (Å²) in [6, 6.07) is 28.1. The number of esters is 2. The Morgan fingerprint density at radius 1 is 0.438 bits per heavy atom. The van der Waals surface area contributed by atoms with E-state index in [1.165, 1.54) is 0 Å². The molecule has 0 bridgehead atoms. The summed E-state index contributed by atoms with van der Waals surface area (Å²) >= 11 is 0. The van der Waals surface area contributed by atoms with Gasteiger partial charge in [-0.3, -0.25) is 9.59 Å². The zero-order valence-electron chi connectivity index (χ0n) is 30.7. The lowest BCUT2D eigenvalue weighted by Gasteiger charge is -2.43. The zero-order chi connectivity index (χ0) is 35.2. The normalized spacial score (nSPS) is 21.1. The first kappa shape index (κ1) is 33.7. The van der Waals surface area contributed by atoms with Crippen molar-refractivity contribution in [2.45, 2.75) is 116 Å². The van der Waals surface area contributed by atoms with Crippen molar-refractivity contribution in [3.8, 4) is 11.5 Å². The third-order valence-corrected chi connectivity index (χ3v) is 10.3. The molecule has 4 aromatic carbocycles. The summed E-state index contributed by atoms with van der Waals surface area (Å²) in [6.45, 7) is 25.9. The number of rotatable bonds is 3. The van der Waals surface area contributed by atoms with Crippen molar-refractivity contribution in [2.75, 3.05) is 0 Å². The highest BCUT2D eigenvalue weighted by Crippen LogP contribution is 2.65. The first-order chi connectivity index (χ1) is 22.2. The molecule has 0 saturated heterocycles. The molecule has 6 rings (SSSR count). The molecular formula is C44H50O4. The molecule has 0 fully saturated rings. The lowest BCUT2D eigenvalue weighted by molar-refractivity contribution is -0.147. The summed E-state index contributed by atoms with van der Waals surface area (Å²) in [5.74, 6) is 0.104. The van der Waals surface area contributed by atoms with Crippen molar-refractivity contribution >= 4 is 11.9 Å². The van der Waals surface area contributed by atoms with Crippen molar-refractivity contribution in [1.82, 2.24) is 0 Å². The van der Waals surface area contributed by atoms with Crippen LogP contribution in [0.5, 0.6) is 11.5 Å². The smallest absolute Gasteiger partial charge is 0.328 e. The van der Waals surface area contributed by atoms with Gasteiger partial charge in [-0.25, -0.2) is 0 Å². The number of hydrogen-bond acceptors (Lipinski definition) is 4. The van der Waals surface area contributed by atoms with Crippen LogP contribution in [0.1, 0.15) is 128 Å². The largest absolute Gasteiger partial charge is 0.425 e. The molecule has 0 amide bonds. The van der Waals surface area contributed by atoms with E-state index >= 15 is 9.59 Å². The van der Waals surface area contributed by atoms with Gasteiger partial charge in [0.2, 0.25) is 0 Å². The van der Waals surface area contributed by atoms with Crippen LogP contribution in [0.25, 0.3) is 0 Å². The van der Waals surface area contributed by atoms with Gasteiger partial charge in [-0.15, -0.1) is 0 Å². The van der Waals surface area contributed by atoms with E-state index in [1.54, 1.807) is 0 Å². The maximum atomic E-state index is 15.4. The van der Waals surface area contributed by atoms with Gasteiger partial charge < -0.3 is 9.47 Å². The molecule has 0 spiro atoms. The van der Waals surface area contributed by atoms with Crippen LogP contribution in [0.2, 0.25) is 0 Å².